The summed E-state index contributed by atoms with van der Waals surface area (Å²) < 4.78 is 2.13. The summed E-state index contributed by atoms with van der Waals surface area (Å²) in [5, 5.41) is -0.101. The van der Waals surface area contributed by atoms with Gasteiger partial charge in [-0.2, -0.15) is 0 Å². The van der Waals surface area contributed by atoms with E-state index >= 15 is 0 Å². The Kier molecular flexibility index (Phi) is 2.46. The van der Waals surface area contributed by atoms with Crippen LogP contribution in [0.2, 0.25) is 0 Å². The van der Waals surface area contributed by atoms with E-state index in [1.54, 1.807) is 0 Å². The average Bonchev–Trinajstić information content (AvgIpc) is 2.30. The van der Waals surface area contributed by atoms with Crippen molar-refractivity contribution in [2.24, 2.45) is 14.1 Å². The smallest absolute Gasteiger partial charge is 0.332 e. The highest BCUT2D eigenvalue weighted by molar-refractivity contribution is 9.10. The molecule has 0 atom stereocenters. The molecule has 0 aliphatic rings. The fourth-order valence-corrected chi connectivity index (χ4v) is 1.91. The minimum atomic E-state index is -0.648. The molecule has 0 aliphatic heterocycles. The highest BCUT2D eigenvalue weighted by Gasteiger charge is 2.15. The van der Waals surface area contributed by atoms with Gasteiger partial charge < -0.3 is 10.7 Å². The Labute approximate surface area is 103 Å². The molecule has 0 amide bonds. The Morgan fingerprint density at radius 3 is 2.35 bits per heavy atom. The molecule has 2 aromatic heterocycles. The van der Waals surface area contributed by atoms with Crippen molar-refractivity contribution in [2.45, 2.75) is 0 Å². The summed E-state index contributed by atoms with van der Waals surface area (Å²) in [5.41, 5.74) is 3.97. The number of hydrogen-bond acceptors (Lipinski definition) is 4. The number of aromatic amines is 1. The molecule has 0 radical (unpaired) electrons. The minimum absolute atomic E-state index is 0.0748. The second-order valence-corrected chi connectivity index (χ2v) is 4.40. The van der Waals surface area contributed by atoms with E-state index in [1.165, 1.54) is 18.7 Å². The third-order valence-electron chi connectivity index (χ3n) is 2.58. The Hall–Kier alpha value is -1.83. The molecule has 90 valence electrons. The number of anilines is 1. The molecule has 7 nitrogen and oxygen atoms in total. The van der Waals surface area contributed by atoms with Crippen LogP contribution in [0.5, 0.6) is 0 Å². The van der Waals surface area contributed by atoms with E-state index in [9.17, 15) is 14.4 Å². The standard InChI is InChI=1S/C9H9BrN4O3/c1-13-7-3(8(16)14(2)9(13)17)5(15)4(10)6(11)12-7/h1-2H3,(H3,11,12,15). The summed E-state index contributed by atoms with van der Waals surface area (Å²) in [4.78, 5) is 38.1. The molecule has 2 rings (SSSR count). The first-order chi connectivity index (χ1) is 7.86. The summed E-state index contributed by atoms with van der Waals surface area (Å²) in [7, 11) is 2.77. The average molecular weight is 301 g/mol. The van der Waals surface area contributed by atoms with Crippen LogP contribution in [0.3, 0.4) is 0 Å². The van der Waals surface area contributed by atoms with Gasteiger partial charge in [-0.15, -0.1) is 0 Å². The number of nitrogens with two attached hydrogens (primary N) is 1. The van der Waals surface area contributed by atoms with Crippen LogP contribution in [0.15, 0.2) is 18.9 Å². The number of hydrogen-bond donors (Lipinski definition) is 2. The van der Waals surface area contributed by atoms with E-state index in [2.05, 4.69) is 20.9 Å². The highest BCUT2D eigenvalue weighted by atomic mass is 79.9. The first-order valence-electron chi connectivity index (χ1n) is 4.63. The molecular weight excluding hydrogens is 292 g/mol. The molecule has 2 aromatic rings. The van der Waals surface area contributed by atoms with Crippen molar-refractivity contribution in [3.63, 3.8) is 0 Å². The molecule has 0 spiro atoms. The predicted molar refractivity (Wildman–Crippen MR) is 67.2 cm³/mol. The van der Waals surface area contributed by atoms with Gasteiger partial charge in [-0.1, -0.05) is 0 Å². The number of aromatic nitrogens is 3. The topological polar surface area (TPSA) is 103 Å². The van der Waals surface area contributed by atoms with Crippen LogP contribution in [-0.4, -0.2) is 14.1 Å². The maximum Gasteiger partial charge on any atom is 0.332 e. The van der Waals surface area contributed by atoms with Crippen LogP contribution in [0, 0.1) is 0 Å². The van der Waals surface area contributed by atoms with Crippen LogP contribution in [-0.2, 0) is 14.1 Å². The largest absolute Gasteiger partial charge is 0.384 e. The van der Waals surface area contributed by atoms with Gasteiger partial charge in [0.2, 0.25) is 5.43 Å². The first kappa shape index (κ1) is 11.6. The number of halogens is 1. The number of aryl methyl sites for hydroxylation is 1. The quantitative estimate of drug-likeness (QED) is 0.669. The first-order valence-corrected chi connectivity index (χ1v) is 5.42. The van der Waals surface area contributed by atoms with E-state index < -0.39 is 16.7 Å². The van der Waals surface area contributed by atoms with Crippen LogP contribution >= 0.6 is 15.9 Å². The lowest BCUT2D eigenvalue weighted by molar-refractivity contribution is 0.707. The molecule has 3 N–H and O–H groups in total. The summed E-state index contributed by atoms with van der Waals surface area (Å²) in [6.07, 6.45) is 0. The van der Waals surface area contributed by atoms with E-state index in [1.807, 2.05) is 0 Å². The normalized spacial score (nSPS) is 11.0. The van der Waals surface area contributed by atoms with Crippen molar-refractivity contribution in [1.29, 1.82) is 0 Å². The zero-order chi connectivity index (χ0) is 12.9. The van der Waals surface area contributed by atoms with Crippen LogP contribution in [0.4, 0.5) is 5.82 Å². The van der Waals surface area contributed by atoms with E-state index in [0.29, 0.717) is 0 Å². The van der Waals surface area contributed by atoms with Crippen molar-refractivity contribution >= 4 is 32.8 Å². The second kappa shape index (κ2) is 3.59. The zero-order valence-electron chi connectivity index (χ0n) is 9.07. The molecule has 8 heteroatoms. The lowest BCUT2D eigenvalue weighted by Gasteiger charge is -2.08. The van der Waals surface area contributed by atoms with Crippen LogP contribution in [0.1, 0.15) is 0 Å². The summed E-state index contributed by atoms with van der Waals surface area (Å²) in [6.45, 7) is 0. The molecule has 2 heterocycles. The summed E-state index contributed by atoms with van der Waals surface area (Å²) in [5.74, 6) is 0.0748. The third kappa shape index (κ3) is 1.44. The predicted octanol–water partition coefficient (Wildman–Crippen LogP) is -0.730. The Bertz CT molecular complexity index is 799. The summed E-state index contributed by atoms with van der Waals surface area (Å²) in [6, 6.07) is 0. The number of rotatable bonds is 0. The minimum Gasteiger partial charge on any atom is -0.384 e. The molecule has 17 heavy (non-hydrogen) atoms. The molecule has 0 saturated heterocycles. The lowest BCUT2D eigenvalue weighted by atomic mass is 10.3. The van der Waals surface area contributed by atoms with Crippen molar-refractivity contribution in [2.75, 3.05) is 5.73 Å². The number of H-pyrrole nitrogens is 1. The molecule has 0 saturated carbocycles. The zero-order valence-corrected chi connectivity index (χ0v) is 10.7. The third-order valence-corrected chi connectivity index (χ3v) is 3.37. The lowest BCUT2D eigenvalue weighted by Crippen LogP contribution is -2.39. The molecule has 0 bridgehead atoms. The van der Waals surface area contributed by atoms with Gasteiger partial charge >= 0.3 is 5.69 Å². The second-order valence-electron chi connectivity index (χ2n) is 3.61. The molecule has 0 aromatic carbocycles. The van der Waals surface area contributed by atoms with Gasteiger partial charge in [-0.05, 0) is 15.9 Å². The Morgan fingerprint density at radius 2 is 1.76 bits per heavy atom. The van der Waals surface area contributed by atoms with Crippen LogP contribution in [0.25, 0.3) is 11.0 Å². The van der Waals surface area contributed by atoms with E-state index in [-0.39, 0.29) is 21.3 Å². The molecule has 0 aliphatic carbocycles. The van der Waals surface area contributed by atoms with Crippen molar-refractivity contribution < 1.29 is 0 Å². The maximum absolute atomic E-state index is 11.9. The number of nitrogens with zero attached hydrogens (tertiary/aromatic N) is 2. The SMILES string of the molecule is Cn1c(=O)c2c(=O)c(Br)c(N)[nH]c2n(C)c1=O. The van der Waals surface area contributed by atoms with E-state index in [0.717, 1.165) is 4.57 Å². The fourth-order valence-electron chi connectivity index (χ4n) is 1.61. The van der Waals surface area contributed by atoms with Gasteiger partial charge in [-0.25, -0.2) is 4.79 Å². The van der Waals surface area contributed by atoms with Crippen molar-refractivity contribution in [3.8, 4) is 0 Å². The van der Waals surface area contributed by atoms with Crippen LogP contribution < -0.4 is 22.4 Å². The van der Waals surface area contributed by atoms with Crippen molar-refractivity contribution in [3.05, 3.63) is 35.5 Å². The Balaban J connectivity index is 3.31. The highest BCUT2D eigenvalue weighted by Crippen LogP contribution is 2.14. The number of nitrogen functional groups attached to an aromatic ring is 1. The van der Waals surface area contributed by atoms with Gasteiger partial charge in [0.25, 0.3) is 5.56 Å². The van der Waals surface area contributed by atoms with Crippen molar-refractivity contribution in [1.82, 2.24) is 14.1 Å². The van der Waals surface area contributed by atoms with E-state index in [4.69, 9.17) is 5.73 Å². The maximum atomic E-state index is 11.9. The Morgan fingerprint density at radius 1 is 1.18 bits per heavy atom. The van der Waals surface area contributed by atoms with Gasteiger partial charge in [0, 0.05) is 14.1 Å². The van der Waals surface area contributed by atoms with Gasteiger partial charge in [-0.3, -0.25) is 18.7 Å². The number of nitrogens with one attached hydrogen (secondary N) is 1. The molecule has 0 unspecified atom stereocenters. The number of fused-ring (bicyclic) bond motifs is 1. The van der Waals surface area contributed by atoms with Gasteiger partial charge in [0.15, 0.2) is 0 Å². The summed E-state index contributed by atoms with van der Waals surface area (Å²) >= 11 is 3.00. The molecular formula is C9H9BrN4O3. The fraction of sp³-hybridized carbons (Fsp3) is 0.222. The van der Waals surface area contributed by atoms with Gasteiger partial charge in [0.05, 0.1) is 0 Å². The number of pyridine rings is 1. The molecule has 0 fully saturated rings. The monoisotopic (exact) mass is 300 g/mol. The van der Waals surface area contributed by atoms with Gasteiger partial charge in [0.1, 0.15) is 21.3 Å².